The molecule has 1 aliphatic rings. The van der Waals surface area contributed by atoms with Crippen LogP contribution in [0.25, 0.3) is 0 Å². The standard InChI is InChI=1S/C18H25ClO3/c1-17(2,3)15(21)13-14(20)11-9-10(19)7-8-12(11)22-16(13)18(4,5)6/h7-9,13,15-16,21H,1-6H3/t13-,15+,16+/m0/s1. The van der Waals surface area contributed by atoms with Gasteiger partial charge in [0.15, 0.2) is 5.78 Å². The molecule has 0 unspecified atom stereocenters. The maximum absolute atomic E-state index is 13.0. The van der Waals surface area contributed by atoms with Gasteiger partial charge in [0.2, 0.25) is 0 Å². The Morgan fingerprint density at radius 1 is 1.18 bits per heavy atom. The second-order valence-electron chi connectivity index (χ2n) is 8.25. The van der Waals surface area contributed by atoms with Crippen LogP contribution < -0.4 is 4.74 Å². The highest BCUT2D eigenvalue weighted by molar-refractivity contribution is 6.31. The molecule has 0 fully saturated rings. The molecule has 3 atom stereocenters. The topological polar surface area (TPSA) is 46.5 Å². The summed E-state index contributed by atoms with van der Waals surface area (Å²) < 4.78 is 6.11. The van der Waals surface area contributed by atoms with Crippen molar-refractivity contribution in [2.45, 2.75) is 53.8 Å². The van der Waals surface area contributed by atoms with Crippen LogP contribution >= 0.6 is 11.6 Å². The number of carbonyl (C=O) groups is 1. The zero-order valence-electron chi connectivity index (χ0n) is 14.1. The zero-order valence-corrected chi connectivity index (χ0v) is 14.9. The van der Waals surface area contributed by atoms with Gasteiger partial charge in [-0.3, -0.25) is 4.79 Å². The summed E-state index contributed by atoms with van der Waals surface area (Å²) in [6, 6.07) is 5.07. The van der Waals surface area contributed by atoms with Gasteiger partial charge >= 0.3 is 0 Å². The molecule has 1 aromatic carbocycles. The number of ether oxygens (including phenoxy) is 1. The molecular formula is C18H25ClO3. The van der Waals surface area contributed by atoms with Gasteiger partial charge in [-0.2, -0.15) is 0 Å². The number of rotatable bonds is 1. The van der Waals surface area contributed by atoms with Gasteiger partial charge in [0.1, 0.15) is 11.9 Å². The van der Waals surface area contributed by atoms with Gasteiger partial charge in [0.05, 0.1) is 17.6 Å². The fourth-order valence-corrected chi connectivity index (χ4v) is 3.06. The fraction of sp³-hybridized carbons (Fsp3) is 0.611. The number of fused-ring (bicyclic) bond motifs is 1. The number of carbonyl (C=O) groups excluding carboxylic acids is 1. The molecule has 1 aliphatic heterocycles. The van der Waals surface area contributed by atoms with Crippen LogP contribution in [0.1, 0.15) is 51.9 Å². The summed E-state index contributed by atoms with van der Waals surface area (Å²) in [5.41, 5.74) is -0.228. The van der Waals surface area contributed by atoms with E-state index in [2.05, 4.69) is 0 Å². The van der Waals surface area contributed by atoms with Crippen LogP contribution in [0.4, 0.5) is 0 Å². The maximum atomic E-state index is 13.0. The zero-order chi connectivity index (χ0) is 16.9. The number of halogens is 1. The lowest BCUT2D eigenvalue weighted by Gasteiger charge is -2.44. The second kappa shape index (κ2) is 5.54. The van der Waals surface area contributed by atoms with Crippen LogP contribution in [-0.2, 0) is 0 Å². The van der Waals surface area contributed by atoms with Crippen LogP contribution in [0.3, 0.4) is 0 Å². The summed E-state index contributed by atoms with van der Waals surface area (Å²) in [5.74, 6) is -0.149. The third-order valence-corrected chi connectivity index (χ3v) is 4.41. The molecule has 22 heavy (non-hydrogen) atoms. The molecule has 4 heteroatoms. The van der Waals surface area contributed by atoms with Crippen molar-refractivity contribution in [3.8, 4) is 5.75 Å². The van der Waals surface area contributed by atoms with Crippen molar-refractivity contribution in [3.63, 3.8) is 0 Å². The first kappa shape index (κ1) is 17.3. The molecule has 0 saturated carbocycles. The predicted octanol–water partition coefficient (Wildman–Crippen LogP) is 4.35. The summed E-state index contributed by atoms with van der Waals surface area (Å²) in [6.45, 7) is 11.9. The van der Waals surface area contributed by atoms with E-state index in [9.17, 15) is 9.90 Å². The molecule has 0 aromatic heterocycles. The Morgan fingerprint density at radius 3 is 2.27 bits per heavy atom. The van der Waals surface area contributed by atoms with E-state index >= 15 is 0 Å². The summed E-state index contributed by atoms with van der Waals surface area (Å²) in [6.07, 6.45) is -1.18. The first-order valence-corrected chi connectivity index (χ1v) is 7.99. The number of aliphatic hydroxyl groups is 1. The smallest absolute Gasteiger partial charge is 0.176 e. The predicted molar refractivity (Wildman–Crippen MR) is 88.6 cm³/mol. The number of hydrogen-bond acceptors (Lipinski definition) is 3. The Labute approximate surface area is 137 Å². The molecule has 2 rings (SSSR count). The Balaban J connectivity index is 2.55. The summed E-state index contributed by atoms with van der Waals surface area (Å²) >= 11 is 6.02. The summed E-state index contributed by atoms with van der Waals surface area (Å²) in [5, 5.41) is 11.3. The fourth-order valence-electron chi connectivity index (χ4n) is 2.89. The number of benzene rings is 1. The largest absolute Gasteiger partial charge is 0.488 e. The molecule has 0 bridgehead atoms. The van der Waals surface area contributed by atoms with Crippen molar-refractivity contribution in [1.82, 2.24) is 0 Å². The molecule has 0 spiro atoms. The highest BCUT2D eigenvalue weighted by Crippen LogP contribution is 2.43. The Kier molecular flexibility index (Phi) is 4.35. The molecule has 0 radical (unpaired) electrons. The molecule has 1 aromatic rings. The summed E-state index contributed by atoms with van der Waals surface area (Å²) in [7, 11) is 0. The first-order chi connectivity index (χ1) is 9.93. The Bertz CT molecular complexity index is 581. The van der Waals surface area contributed by atoms with Crippen LogP contribution in [0.2, 0.25) is 5.02 Å². The lowest BCUT2D eigenvalue weighted by atomic mass is 9.68. The van der Waals surface area contributed by atoms with Crippen LogP contribution in [0.5, 0.6) is 5.75 Å². The minimum absolute atomic E-state index is 0.0916. The summed E-state index contributed by atoms with van der Waals surface area (Å²) in [4.78, 5) is 13.0. The van der Waals surface area contributed by atoms with E-state index in [1.54, 1.807) is 18.2 Å². The van der Waals surface area contributed by atoms with Gasteiger partial charge in [0.25, 0.3) is 0 Å². The highest BCUT2D eigenvalue weighted by Gasteiger charge is 2.49. The van der Waals surface area contributed by atoms with E-state index in [0.29, 0.717) is 16.3 Å². The van der Waals surface area contributed by atoms with Crippen molar-refractivity contribution in [2.24, 2.45) is 16.7 Å². The number of aliphatic hydroxyl groups excluding tert-OH is 1. The van der Waals surface area contributed by atoms with E-state index in [4.69, 9.17) is 16.3 Å². The van der Waals surface area contributed by atoms with Crippen molar-refractivity contribution < 1.29 is 14.6 Å². The van der Waals surface area contributed by atoms with E-state index in [1.807, 2.05) is 41.5 Å². The van der Waals surface area contributed by atoms with Crippen LogP contribution in [0.15, 0.2) is 18.2 Å². The lowest BCUT2D eigenvalue weighted by molar-refractivity contribution is -0.0602. The quantitative estimate of drug-likeness (QED) is 0.835. The highest BCUT2D eigenvalue weighted by atomic mass is 35.5. The third-order valence-electron chi connectivity index (χ3n) is 4.17. The molecule has 1 heterocycles. The average Bonchev–Trinajstić information content (AvgIpc) is 2.36. The van der Waals surface area contributed by atoms with Gasteiger partial charge in [0, 0.05) is 5.02 Å². The van der Waals surface area contributed by atoms with Gasteiger partial charge in [-0.05, 0) is 29.0 Å². The van der Waals surface area contributed by atoms with Crippen molar-refractivity contribution in [3.05, 3.63) is 28.8 Å². The second-order valence-corrected chi connectivity index (χ2v) is 8.68. The van der Waals surface area contributed by atoms with Gasteiger partial charge in [-0.15, -0.1) is 0 Å². The van der Waals surface area contributed by atoms with Gasteiger partial charge in [-0.25, -0.2) is 0 Å². The Morgan fingerprint density at radius 2 is 1.77 bits per heavy atom. The molecule has 0 saturated heterocycles. The average molecular weight is 325 g/mol. The van der Waals surface area contributed by atoms with E-state index in [0.717, 1.165) is 0 Å². The molecule has 0 amide bonds. The molecule has 1 N–H and O–H groups in total. The van der Waals surface area contributed by atoms with Crippen LogP contribution in [-0.4, -0.2) is 23.1 Å². The van der Waals surface area contributed by atoms with Gasteiger partial charge < -0.3 is 9.84 Å². The van der Waals surface area contributed by atoms with Crippen molar-refractivity contribution >= 4 is 17.4 Å². The molecular weight excluding hydrogens is 300 g/mol. The van der Waals surface area contributed by atoms with E-state index < -0.39 is 17.4 Å². The van der Waals surface area contributed by atoms with Crippen molar-refractivity contribution in [2.75, 3.05) is 0 Å². The Hall–Kier alpha value is -1.06. The minimum atomic E-state index is -0.795. The van der Waals surface area contributed by atoms with E-state index in [-0.39, 0.29) is 17.3 Å². The normalized spacial score (nSPS) is 23.7. The monoisotopic (exact) mass is 324 g/mol. The third kappa shape index (κ3) is 3.16. The maximum Gasteiger partial charge on any atom is 0.176 e. The van der Waals surface area contributed by atoms with Crippen LogP contribution in [0, 0.1) is 16.7 Å². The molecule has 0 aliphatic carbocycles. The SMILES string of the molecule is CC(C)(C)[C@H](O)[C@@H]1C(=O)c2cc(Cl)ccc2O[C@H]1C(C)(C)C. The van der Waals surface area contributed by atoms with Gasteiger partial charge in [-0.1, -0.05) is 53.1 Å². The lowest BCUT2D eigenvalue weighted by Crippen LogP contribution is -2.53. The number of Topliss-reactive ketones (excluding diaryl/α,β-unsaturated/α-hetero) is 1. The number of ketones is 1. The first-order valence-electron chi connectivity index (χ1n) is 7.61. The molecule has 3 nitrogen and oxygen atoms in total. The van der Waals surface area contributed by atoms with Crippen molar-refractivity contribution in [1.29, 1.82) is 0 Å². The van der Waals surface area contributed by atoms with E-state index in [1.165, 1.54) is 0 Å². The minimum Gasteiger partial charge on any atom is -0.488 e. The number of hydrogen-bond donors (Lipinski definition) is 1. The molecule has 122 valence electrons.